The highest BCUT2D eigenvalue weighted by Gasteiger charge is 2.08. The largest absolute Gasteiger partial charge is 0.466 e. The minimum absolute atomic E-state index is 0.164. The van der Waals surface area contributed by atoms with Crippen molar-refractivity contribution in [2.45, 2.75) is 31.2 Å². The maximum absolute atomic E-state index is 11.4. The molecule has 0 aliphatic heterocycles. The molecule has 0 radical (unpaired) electrons. The molecule has 0 bridgehead atoms. The van der Waals surface area contributed by atoms with Crippen LogP contribution in [0.15, 0.2) is 16.1 Å². The van der Waals surface area contributed by atoms with Crippen molar-refractivity contribution < 1.29 is 9.53 Å². The number of carbonyl (C=O) groups excluding carboxylic acids is 1. The molecule has 0 atom stereocenters. The van der Waals surface area contributed by atoms with Crippen molar-refractivity contribution in [1.82, 2.24) is 19.9 Å². The summed E-state index contributed by atoms with van der Waals surface area (Å²) in [6, 6.07) is 0. The molecule has 0 unspecified atom stereocenters. The Morgan fingerprint density at radius 3 is 3.10 bits per heavy atom. The van der Waals surface area contributed by atoms with Crippen molar-refractivity contribution in [2.24, 2.45) is 0 Å². The van der Waals surface area contributed by atoms with Crippen LogP contribution in [-0.2, 0) is 9.53 Å². The van der Waals surface area contributed by atoms with E-state index in [4.69, 9.17) is 4.74 Å². The highest BCUT2D eigenvalue weighted by Crippen LogP contribution is 2.22. The Kier molecular flexibility index (Phi) is 5.16. The number of unbranched alkanes of at least 4 members (excludes halogenated alkanes) is 1. The summed E-state index contributed by atoms with van der Waals surface area (Å²) < 4.78 is 4.85. The first kappa shape index (κ1) is 14.6. The van der Waals surface area contributed by atoms with Gasteiger partial charge in [-0.25, -0.2) is 9.78 Å². The quantitative estimate of drug-likeness (QED) is 0.347. The molecule has 0 fully saturated rings. The van der Waals surface area contributed by atoms with Gasteiger partial charge in [-0.1, -0.05) is 0 Å². The maximum Gasteiger partial charge on any atom is 0.347 e. The summed E-state index contributed by atoms with van der Waals surface area (Å²) in [5.41, 5.74) is 0.845. The number of ether oxygens (including phenoxy) is 1. The van der Waals surface area contributed by atoms with Crippen LogP contribution in [0.5, 0.6) is 0 Å². The molecule has 108 valence electrons. The Bertz CT molecular complexity index is 637. The topological polar surface area (TPSA) is 101 Å². The number of hydrogen-bond acceptors (Lipinski definition) is 6. The van der Waals surface area contributed by atoms with E-state index in [9.17, 15) is 9.59 Å². The molecular formula is C12H16N4O3S. The van der Waals surface area contributed by atoms with Gasteiger partial charge in [-0.15, -0.1) is 11.8 Å². The van der Waals surface area contributed by atoms with Gasteiger partial charge in [0, 0.05) is 6.42 Å². The first-order chi connectivity index (χ1) is 9.70. The van der Waals surface area contributed by atoms with Gasteiger partial charge in [0.05, 0.1) is 12.9 Å². The zero-order valence-corrected chi connectivity index (χ0v) is 12.0. The van der Waals surface area contributed by atoms with Gasteiger partial charge in [-0.05, 0) is 25.5 Å². The molecule has 20 heavy (non-hydrogen) atoms. The van der Waals surface area contributed by atoms with E-state index >= 15 is 0 Å². The summed E-state index contributed by atoms with van der Waals surface area (Å²) in [6.07, 6.45) is 3.57. The van der Waals surface area contributed by atoms with Crippen LogP contribution in [0.4, 0.5) is 0 Å². The van der Waals surface area contributed by atoms with Crippen molar-refractivity contribution in [3.8, 4) is 0 Å². The summed E-state index contributed by atoms with van der Waals surface area (Å²) in [6.45, 7) is 2.21. The Labute approximate surface area is 119 Å². The molecule has 0 aliphatic carbocycles. The Morgan fingerprint density at radius 2 is 2.30 bits per heavy atom. The molecule has 2 heterocycles. The maximum atomic E-state index is 11.4. The number of nitrogens with one attached hydrogen (secondary N) is 2. The number of thioether (sulfide) groups is 1. The number of H-pyrrole nitrogens is 2. The smallest absolute Gasteiger partial charge is 0.347 e. The fourth-order valence-corrected chi connectivity index (χ4v) is 2.70. The molecule has 0 aromatic carbocycles. The van der Waals surface area contributed by atoms with Crippen LogP contribution in [0, 0.1) is 0 Å². The monoisotopic (exact) mass is 296 g/mol. The van der Waals surface area contributed by atoms with E-state index in [2.05, 4.69) is 19.9 Å². The Balaban J connectivity index is 1.83. The second kappa shape index (κ2) is 7.09. The number of hydrogen-bond donors (Lipinski definition) is 2. The summed E-state index contributed by atoms with van der Waals surface area (Å²) in [4.78, 5) is 36.0. The van der Waals surface area contributed by atoms with E-state index < -0.39 is 5.69 Å². The van der Waals surface area contributed by atoms with E-state index in [1.54, 1.807) is 6.92 Å². The predicted octanol–water partition coefficient (Wildman–Crippen LogP) is 1.47. The third kappa shape index (κ3) is 3.83. The molecule has 2 aromatic rings. The SMILES string of the molecule is CCOC(=O)CCCCSc1nc(=O)[nH]c2nc[nH]c12. The lowest BCUT2D eigenvalue weighted by Gasteiger charge is -2.02. The van der Waals surface area contributed by atoms with E-state index in [0.29, 0.717) is 23.7 Å². The lowest BCUT2D eigenvalue weighted by molar-refractivity contribution is -0.143. The number of rotatable bonds is 7. The van der Waals surface area contributed by atoms with E-state index in [0.717, 1.165) is 24.1 Å². The van der Waals surface area contributed by atoms with E-state index in [1.165, 1.54) is 18.1 Å². The number of aromatic nitrogens is 4. The van der Waals surface area contributed by atoms with Crippen molar-refractivity contribution in [3.05, 3.63) is 16.8 Å². The second-order valence-corrected chi connectivity index (χ2v) is 5.17. The molecule has 2 rings (SSSR count). The number of carbonyl (C=O) groups is 1. The third-order valence-electron chi connectivity index (χ3n) is 2.60. The van der Waals surface area contributed by atoms with Gasteiger partial charge >= 0.3 is 11.7 Å². The molecule has 0 aliphatic rings. The number of imidazole rings is 1. The van der Waals surface area contributed by atoms with Gasteiger partial charge in [0.15, 0.2) is 5.65 Å². The van der Waals surface area contributed by atoms with Crippen molar-refractivity contribution >= 4 is 28.9 Å². The fourth-order valence-electron chi connectivity index (χ4n) is 1.71. The van der Waals surface area contributed by atoms with Crippen LogP contribution in [0.2, 0.25) is 0 Å². The van der Waals surface area contributed by atoms with Gasteiger partial charge in [-0.2, -0.15) is 4.98 Å². The summed E-state index contributed by atoms with van der Waals surface area (Å²) in [5.74, 6) is 0.618. The van der Waals surface area contributed by atoms with Crippen LogP contribution in [0.1, 0.15) is 26.2 Å². The average molecular weight is 296 g/mol. The molecule has 0 saturated carbocycles. The van der Waals surface area contributed by atoms with Gasteiger partial charge in [-0.3, -0.25) is 9.78 Å². The molecule has 0 amide bonds. The zero-order valence-electron chi connectivity index (χ0n) is 11.1. The minimum Gasteiger partial charge on any atom is -0.466 e. The van der Waals surface area contributed by atoms with Gasteiger partial charge < -0.3 is 9.72 Å². The van der Waals surface area contributed by atoms with Crippen LogP contribution in [-0.4, -0.2) is 38.3 Å². The van der Waals surface area contributed by atoms with E-state index in [-0.39, 0.29) is 5.97 Å². The average Bonchev–Trinajstić information content (AvgIpc) is 2.86. The first-order valence-electron chi connectivity index (χ1n) is 6.42. The zero-order chi connectivity index (χ0) is 14.4. The second-order valence-electron chi connectivity index (χ2n) is 4.08. The van der Waals surface area contributed by atoms with Crippen molar-refractivity contribution in [3.63, 3.8) is 0 Å². The molecule has 0 spiro atoms. The van der Waals surface area contributed by atoms with Crippen LogP contribution < -0.4 is 5.69 Å². The van der Waals surface area contributed by atoms with Crippen LogP contribution in [0.3, 0.4) is 0 Å². The third-order valence-corrected chi connectivity index (χ3v) is 3.66. The molecular weight excluding hydrogens is 280 g/mol. The van der Waals surface area contributed by atoms with Crippen LogP contribution in [0.25, 0.3) is 11.2 Å². The highest BCUT2D eigenvalue weighted by atomic mass is 32.2. The lowest BCUT2D eigenvalue weighted by Crippen LogP contribution is -2.11. The van der Waals surface area contributed by atoms with Gasteiger partial charge in [0.25, 0.3) is 0 Å². The number of nitrogens with zero attached hydrogens (tertiary/aromatic N) is 2. The predicted molar refractivity (Wildman–Crippen MR) is 75.7 cm³/mol. The molecule has 8 heteroatoms. The lowest BCUT2D eigenvalue weighted by atomic mass is 10.2. The minimum atomic E-state index is -0.404. The number of esters is 1. The number of aromatic amines is 2. The Morgan fingerprint density at radius 1 is 1.45 bits per heavy atom. The Hall–Kier alpha value is -1.83. The van der Waals surface area contributed by atoms with Gasteiger partial charge in [0.1, 0.15) is 10.5 Å². The van der Waals surface area contributed by atoms with Crippen LogP contribution >= 0.6 is 11.8 Å². The van der Waals surface area contributed by atoms with E-state index in [1.807, 2.05) is 0 Å². The fraction of sp³-hybridized carbons (Fsp3) is 0.500. The molecule has 2 aromatic heterocycles. The molecule has 7 nitrogen and oxygen atoms in total. The molecule has 2 N–H and O–H groups in total. The molecule has 0 saturated heterocycles. The van der Waals surface area contributed by atoms with Gasteiger partial charge in [0.2, 0.25) is 0 Å². The van der Waals surface area contributed by atoms with Crippen molar-refractivity contribution in [1.29, 1.82) is 0 Å². The summed E-state index contributed by atoms with van der Waals surface area (Å²) >= 11 is 1.48. The normalized spacial score (nSPS) is 10.8. The first-order valence-corrected chi connectivity index (χ1v) is 7.41. The van der Waals surface area contributed by atoms with Crippen molar-refractivity contribution in [2.75, 3.05) is 12.4 Å². The summed E-state index contributed by atoms with van der Waals surface area (Å²) in [7, 11) is 0. The number of fused-ring (bicyclic) bond motifs is 1. The standard InChI is InChI=1S/C12H16N4O3S/c1-2-19-8(17)5-3-4-6-20-11-9-10(14-7-13-9)15-12(18)16-11/h7H,2-6H2,1H3,(H2,13,14,15,16,18). The summed E-state index contributed by atoms with van der Waals surface area (Å²) in [5, 5.41) is 0.636. The highest BCUT2D eigenvalue weighted by molar-refractivity contribution is 7.99.